The average molecular weight is 419 g/mol. The highest BCUT2D eigenvalue weighted by Gasteiger charge is 2.33. The number of rotatable bonds is 5. The zero-order chi connectivity index (χ0) is 21.3. The molecule has 1 aliphatic carbocycles. The number of carbonyl (C=O) groups is 1. The standard InChI is InChI=1S/C20H20F3N5O2/c21-20(22,23)13-7-18(25-14-4-1-5-15(29)9-14)28-19(8-13)26-17(27-28)10-16(30)12-3-2-6-24-11-12/h2-3,6-8,11,14-15,25,29H,1,4-5,9-10H2. The number of Topliss-reactive ketones (excluding diaryl/α,β-unsaturated/α-hetero) is 1. The van der Waals surface area contributed by atoms with E-state index in [2.05, 4.69) is 20.4 Å². The molecule has 158 valence electrons. The van der Waals surface area contributed by atoms with Crippen LogP contribution in [-0.2, 0) is 12.6 Å². The molecule has 0 spiro atoms. The molecule has 30 heavy (non-hydrogen) atoms. The number of aliphatic hydroxyl groups excluding tert-OH is 1. The second kappa shape index (κ2) is 8.02. The molecule has 3 heterocycles. The van der Waals surface area contributed by atoms with Crippen molar-refractivity contribution in [3.63, 3.8) is 0 Å². The van der Waals surface area contributed by atoms with E-state index in [0.29, 0.717) is 18.4 Å². The number of hydrogen-bond acceptors (Lipinski definition) is 6. The Morgan fingerprint density at radius 3 is 2.83 bits per heavy atom. The fourth-order valence-electron chi connectivity index (χ4n) is 3.65. The van der Waals surface area contributed by atoms with Crippen LogP contribution >= 0.6 is 0 Å². The first-order chi connectivity index (χ1) is 14.3. The predicted molar refractivity (Wildman–Crippen MR) is 102 cm³/mol. The van der Waals surface area contributed by atoms with Crippen LogP contribution in [-0.4, -0.2) is 42.6 Å². The Balaban J connectivity index is 1.67. The normalized spacial score (nSPS) is 19.7. The number of pyridine rings is 2. The fourth-order valence-corrected chi connectivity index (χ4v) is 3.65. The van der Waals surface area contributed by atoms with E-state index in [0.717, 1.165) is 25.0 Å². The smallest absolute Gasteiger partial charge is 0.393 e. The molecule has 0 bridgehead atoms. The van der Waals surface area contributed by atoms with Gasteiger partial charge in [-0.05, 0) is 49.9 Å². The number of halogens is 3. The van der Waals surface area contributed by atoms with Gasteiger partial charge in [0.05, 0.1) is 18.1 Å². The van der Waals surface area contributed by atoms with Gasteiger partial charge in [-0.3, -0.25) is 9.78 Å². The minimum Gasteiger partial charge on any atom is -0.393 e. The Labute approximate surface area is 170 Å². The number of alkyl halides is 3. The van der Waals surface area contributed by atoms with Gasteiger partial charge >= 0.3 is 6.18 Å². The third-order valence-electron chi connectivity index (χ3n) is 5.11. The van der Waals surface area contributed by atoms with Gasteiger partial charge in [-0.15, -0.1) is 5.10 Å². The summed E-state index contributed by atoms with van der Waals surface area (Å²) in [7, 11) is 0. The van der Waals surface area contributed by atoms with Gasteiger partial charge in [-0.2, -0.15) is 17.7 Å². The topological polar surface area (TPSA) is 92.4 Å². The second-order valence-electron chi connectivity index (χ2n) is 7.43. The number of carbonyl (C=O) groups excluding carboxylic acids is 1. The van der Waals surface area contributed by atoms with Gasteiger partial charge in [-0.25, -0.2) is 4.98 Å². The van der Waals surface area contributed by atoms with E-state index >= 15 is 0 Å². The molecule has 4 rings (SSSR count). The van der Waals surface area contributed by atoms with Crippen molar-refractivity contribution in [2.45, 2.75) is 50.4 Å². The highest BCUT2D eigenvalue weighted by molar-refractivity contribution is 5.96. The highest BCUT2D eigenvalue weighted by atomic mass is 19.4. The van der Waals surface area contributed by atoms with E-state index in [-0.39, 0.29) is 35.5 Å². The summed E-state index contributed by atoms with van der Waals surface area (Å²) in [5.74, 6) is -0.0265. The first-order valence-corrected chi connectivity index (χ1v) is 9.64. The number of fused-ring (bicyclic) bond motifs is 1. The van der Waals surface area contributed by atoms with E-state index in [4.69, 9.17) is 0 Å². The van der Waals surface area contributed by atoms with Crippen molar-refractivity contribution in [2.75, 3.05) is 5.32 Å². The van der Waals surface area contributed by atoms with E-state index in [1.807, 2.05) is 0 Å². The molecule has 2 unspecified atom stereocenters. The highest BCUT2D eigenvalue weighted by Crippen LogP contribution is 2.33. The fraction of sp³-hybridized carbons (Fsp3) is 0.400. The monoisotopic (exact) mass is 419 g/mol. The molecule has 0 aromatic carbocycles. The lowest BCUT2D eigenvalue weighted by molar-refractivity contribution is -0.137. The molecule has 0 radical (unpaired) electrons. The van der Waals surface area contributed by atoms with E-state index in [1.165, 1.54) is 10.7 Å². The van der Waals surface area contributed by atoms with Crippen LogP contribution in [0.1, 0.15) is 47.4 Å². The second-order valence-corrected chi connectivity index (χ2v) is 7.43. The molecular weight excluding hydrogens is 399 g/mol. The van der Waals surface area contributed by atoms with Crippen LogP contribution in [0, 0.1) is 0 Å². The molecule has 3 aromatic rings. The molecular formula is C20H20F3N5O2. The average Bonchev–Trinajstić information content (AvgIpc) is 3.11. The molecule has 0 amide bonds. The van der Waals surface area contributed by atoms with Crippen molar-refractivity contribution < 1.29 is 23.1 Å². The van der Waals surface area contributed by atoms with Gasteiger partial charge in [0.25, 0.3) is 0 Å². The molecule has 7 nitrogen and oxygen atoms in total. The lowest BCUT2D eigenvalue weighted by atomic mass is 9.93. The van der Waals surface area contributed by atoms with Gasteiger partial charge in [0.2, 0.25) is 0 Å². The number of aromatic nitrogens is 4. The summed E-state index contributed by atoms with van der Waals surface area (Å²) in [5, 5.41) is 17.2. The molecule has 1 saturated carbocycles. The number of anilines is 1. The number of ketones is 1. The Kier molecular flexibility index (Phi) is 5.42. The van der Waals surface area contributed by atoms with E-state index in [9.17, 15) is 23.1 Å². The van der Waals surface area contributed by atoms with Crippen LogP contribution < -0.4 is 5.32 Å². The Hall–Kier alpha value is -3.01. The van der Waals surface area contributed by atoms with Gasteiger partial charge in [0, 0.05) is 24.0 Å². The summed E-state index contributed by atoms with van der Waals surface area (Å²) >= 11 is 0. The van der Waals surface area contributed by atoms with E-state index < -0.39 is 17.8 Å². The number of aliphatic hydroxyl groups is 1. The maximum absolute atomic E-state index is 13.4. The molecule has 0 saturated heterocycles. The summed E-state index contributed by atoms with van der Waals surface area (Å²) in [6.07, 6.45) is 0.400. The van der Waals surface area contributed by atoms with Crippen molar-refractivity contribution in [1.82, 2.24) is 19.6 Å². The summed E-state index contributed by atoms with van der Waals surface area (Å²) in [4.78, 5) is 20.4. The molecule has 1 aliphatic rings. The Bertz CT molecular complexity index is 1050. The lowest BCUT2D eigenvalue weighted by Crippen LogP contribution is -2.30. The maximum Gasteiger partial charge on any atom is 0.416 e. The number of nitrogens with one attached hydrogen (secondary N) is 1. The van der Waals surface area contributed by atoms with Crippen molar-refractivity contribution in [3.05, 3.63) is 53.6 Å². The van der Waals surface area contributed by atoms with Gasteiger partial charge < -0.3 is 10.4 Å². The van der Waals surface area contributed by atoms with Crippen LogP contribution in [0.2, 0.25) is 0 Å². The summed E-state index contributed by atoms with van der Waals surface area (Å²) < 4.78 is 41.4. The quantitative estimate of drug-likeness (QED) is 0.617. The zero-order valence-electron chi connectivity index (χ0n) is 15.9. The number of nitrogens with zero attached hydrogens (tertiary/aromatic N) is 4. The lowest BCUT2D eigenvalue weighted by Gasteiger charge is -2.27. The van der Waals surface area contributed by atoms with Crippen LogP contribution in [0.15, 0.2) is 36.7 Å². The number of hydrogen-bond donors (Lipinski definition) is 2. The van der Waals surface area contributed by atoms with Gasteiger partial charge in [-0.1, -0.05) is 0 Å². The third kappa shape index (κ3) is 4.43. The van der Waals surface area contributed by atoms with Crippen LogP contribution in [0.5, 0.6) is 0 Å². The minimum absolute atomic E-state index is 0.00216. The van der Waals surface area contributed by atoms with Crippen LogP contribution in [0.3, 0.4) is 0 Å². The van der Waals surface area contributed by atoms with Crippen LogP contribution in [0.4, 0.5) is 19.0 Å². The predicted octanol–water partition coefficient (Wildman–Crippen LogP) is 3.28. The SMILES string of the molecule is O=C(Cc1nc2cc(C(F)(F)F)cc(NC3CCCC(O)C3)n2n1)c1cccnc1. The first-order valence-electron chi connectivity index (χ1n) is 9.64. The summed E-state index contributed by atoms with van der Waals surface area (Å²) in [6, 6.07) is 4.95. The summed E-state index contributed by atoms with van der Waals surface area (Å²) in [6.45, 7) is 0. The van der Waals surface area contributed by atoms with Crippen molar-refractivity contribution in [2.24, 2.45) is 0 Å². The van der Waals surface area contributed by atoms with Gasteiger partial charge in [0.1, 0.15) is 5.82 Å². The molecule has 0 aliphatic heterocycles. The first kappa shape index (κ1) is 20.3. The Morgan fingerprint density at radius 1 is 1.30 bits per heavy atom. The molecule has 3 aromatic heterocycles. The maximum atomic E-state index is 13.4. The zero-order valence-corrected chi connectivity index (χ0v) is 15.9. The van der Waals surface area contributed by atoms with Crippen LogP contribution in [0.25, 0.3) is 5.65 Å². The Morgan fingerprint density at radius 2 is 2.13 bits per heavy atom. The molecule has 2 N–H and O–H groups in total. The molecule has 2 atom stereocenters. The molecule has 10 heteroatoms. The van der Waals surface area contributed by atoms with Gasteiger partial charge in [0.15, 0.2) is 17.3 Å². The minimum atomic E-state index is -4.55. The van der Waals surface area contributed by atoms with Crippen molar-refractivity contribution >= 4 is 17.2 Å². The third-order valence-corrected chi connectivity index (χ3v) is 5.11. The van der Waals surface area contributed by atoms with Crippen molar-refractivity contribution in [1.29, 1.82) is 0 Å². The largest absolute Gasteiger partial charge is 0.416 e. The molecule has 1 fully saturated rings. The van der Waals surface area contributed by atoms with E-state index in [1.54, 1.807) is 18.3 Å². The van der Waals surface area contributed by atoms with Crippen molar-refractivity contribution in [3.8, 4) is 0 Å². The summed E-state index contributed by atoms with van der Waals surface area (Å²) in [5.41, 5.74) is -0.481.